The van der Waals surface area contributed by atoms with Crippen LogP contribution in [0.2, 0.25) is 0 Å². The third-order valence-electron chi connectivity index (χ3n) is 3.58. The van der Waals surface area contributed by atoms with Crippen molar-refractivity contribution >= 4 is 11.9 Å². The first-order valence-corrected chi connectivity index (χ1v) is 7.29. The number of esters is 2. The number of hydrogen-bond donors (Lipinski definition) is 0. The van der Waals surface area contributed by atoms with Crippen molar-refractivity contribution in [2.45, 2.75) is 52.4 Å². The summed E-state index contributed by atoms with van der Waals surface area (Å²) in [6.07, 6.45) is 0. The maximum Gasteiger partial charge on any atom is 0.338 e. The molecule has 0 heterocycles. The van der Waals surface area contributed by atoms with E-state index in [1.165, 1.54) is 14.2 Å². The predicted octanol–water partition coefficient (Wildman–Crippen LogP) is 3.85. The summed E-state index contributed by atoms with van der Waals surface area (Å²) in [5.74, 6) is -0.793. The quantitative estimate of drug-likeness (QED) is 0.779. The van der Waals surface area contributed by atoms with E-state index in [0.29, 0.717) is 11.1 Å². The minimum absolute atomic E-state index is 0.303. The van der Waals surface area contributed by atoms with Crippen LogP contribution in [0, 0.1) is 0 Å². The van der Waals surface area contributed by atoms with Gasteiger partial charge in [-0.25, -0.2) is 9.59 Å². The summed E-state index contributed by atoms with van der Waals surface area (Å²) in [6, 6.07) is 3.53. The predicted molar refractivity (Wildman–Crippen MR) is 86.5 cm³/mol. The fourth-order valence-corrected chi connectivity index (χ4v) is 2.40. The summed E-state index contributed by atoms with van der Waals surface area (Å²) in [6.45, 7) is 12.0. The number of hydrogen-bond acceptors (Lipinski definition) is 4. The summed E-state index contributed by atoms with van der Waals surface area (Å²) in [5, 5.41) is 0. The third kappa shape index (κ3) is 3.67. The van der Waals surface area contributed by atoms with Crippen LogP contribution in [0.3, 0.4) is 0 Å². The van der Waals surface area contributed by atoms with Crippen LogP contribution in [0.4, 0.5) is 0 Å². The molecule has 22 heavy (non-hydrogen) atoms. The Bertz CT molecular complexity index is 533. The molecule has 0 N–H and O–H groups in total. The molecule has 0 radical (unpaired) electrons. The van der Waals surface area contributed by atoms with Gasteiger partial charge in [0.25, 0.3) is 0 Å². The normalized spacial score (nSPS) is 12.0. The molecule has 122 valence electrons. The van der Waals surface area contributed by atoms with Gasteiger partial charge >= 0.3 is 11.9 Å². The van der Waals surface area contributed by atoms with Gasteiger partial charge in [-0.05, 0) is 34.1 Å². The van der Waals surface area contributed by atoms with E-state index in [-0.39, 0.29) is 10.8 Å². The lowest BCUT2D eigenvalue weighted by atomic mass is 9.77. The maximum atomic E-state index is 12.2. The standard InChI is InChI=1S/C18H26O4/c1-17(2,3)13-9-12(16(20)22-8)14(18(4,5)6)10-11(13)15(19)21-7/h9-10H,1-8H3. The van der Waals surface area contributed by atoms with E-state index in [0.717, 1.165) is 11.1 Å². The molecule has 1 rings (SSSR count). The number of ether oxygens (including phenoxy) is 2. The average molecular weight is 306 g/mol. The van der Waals surface area contributed by atoms with Crippen molar-refractivity contribution < 1.29 is 19.1 Å². The molecule has 1 aromatic carbocycles. The van der Waals surface area contributed by atoms with E-state index in [1.54, 1.807) is 12.1 Å². The minimum atomic E-state index is -0.396. The second kappa shape index (κ2) is 6.11. The van der Waals surface area contributed by atoms with Crippen LogP contribution in [0.25, 0.3) is 0 Å². The van der Waals surface area contributed by atoms with Gasteiger partial charge in [0, 0.05) is 0 Å². The fourth-order valence-electron chi connectivity index (χ4n) is 2.40. The minimum Gasteiger partial charge on any atom is -0.465 e. The number of rotatable bonds is 2. The van der Waals surface area contributed by atoms with Gasteiger partial charge < -0.3 is 9.47 Å². The summed E-state index contributed by atoms with van der Waals surface area (Å²) in [5.41, 5.74) is 1.92. The van der Waals surface area contributed by atoms with E-state index in [4.69, 9.17) is 9.47 Å². The Morgan fingerprint density at radius 3 is 1.18 bits per heavy atom. The summed E-state index contributed by atoms with van der Waals surface area (Å²) >= 11 is 0. The lowest BCUT2D eigenvalue weighted by Gasteiger charge is -2.28. The van der Waals surface area contributed by atoms with Gasteiger partial charge in [-0.3, -0.25) is 0 Å². The molecule has 0 saturated heterocycles. The monoisotopic (exact) mass is 306 g/mol. The molecule has 0 atom stereocenters. The zero-order valence-electron chi connectivity index (χ0n) is 14.8. The Labute approximate surface area is 132 Å². The fraction of sp³-hybridized carbons (Fsp3) is 0.556. The zero-order chi connectivity index (χ0) is 17.3. The molecule has 0 unspecified atom stereocenters. The highest BCUT2D eigenvalue weighted by molar-refractivity contribution is 5.97. The molecule has 0 aliphatic rings. The van der Waals surface area contributed by atoms with E-state index in [9.17, 15) is 9.59 Å². The van der Waals surface area contributed by atoms with Crippen LogP contribution in [0.5, 0.6) is 0 Å². The van der Waals surface area contributed by atoms with E-state index < -0.39 is 11.9 Å². The Hall–Kier alpha value is -1.84. The second-order valence-corrected chi connectivity index (χ2v) is 7.43. The van der Waals surface area contributed by atoms with Gasteiger partial charge in [-0.15, -0.1) is 0 Å². The van der Waals surface area contributed by atoms with Crippen LogP contribution < -0.4 is 0 Å². The molecule has 4 heteroatoms. The first-order chi connectivity index (χ1) is 9.93. The van der Waals surface area contributed by atoms with Crippen LogP contribution in [0.1, 0.15) is 73.4 Å². The van der Waals surface area contributed by atoms with E-state index >= 15 is 0 Å². The lowest BCUT2D eigenvalue weighted by molar-refractivity contribution is 0.0582. The summed E-state index contributed by atoms with van der Waals surface area (Å²) in [4.78, 5) is 24.3. The van der Waals surface area contributed by atoms with Gasteiger partial charge in [0.05, 0.1) is 25.3 Å². The average Bonchev–Trinajstić information content (AvgIpc) is 2.42. The largest absolute Gasteiger partial charge is 0.465 e. The highest BCUT2D eigenvalue weighted by Gasteiger charge is 2.30. The van der Waals surface area contributed by atoms with Crippen molar-refractivity contribution in [2.24, 2.45) is 0 Å². The first kappa shape index (κ1) is 18.2. The molecule has 0 spiro atoms. The zero-order valence-corrected chi connectivity index (χ0v) is 14.8. The smallest absolute Gasteiger partial charge is 0.338 e. The van der Waals surface area contributed by atoms with E-state index in [1.807, 2.05) is 41.5 Å². The highest BCUT2D eigenvalue weighted by atomic mass is 16.5. The Balaban J connectivity index is 3.80. The van der Waals surface area contributed by atoms with Gasteiger partial charge in [-0.2, -0.15) is 0 Å². The molecule has 0 aliphatic heterocycles. The van der Waals surface area contributed by atoms with E-state index in [2.05, 4.69) is 0 Å². The Morgan fingerprint density at radius 1 is 0.727 bits per heavy atom. The number of carbonyl (C=O) groups excluding carboxylic acids is 2. The van der Waals surface area contributed by atoms with Gasteiger partial charge in [0.2, 0.25) is 0 Å². The van der Waals surface area contributed by atoms with Gasteiger partial charge in [0.15, 0.2) is 0 Å². The maximum absolute atomic E-state index is 12.2. The SMILES string of the molecule is COC(=O)c1cc(C(C)(C)C)c(C(=O)OC)cc1C(C)(C)C. The van der Waals surface area contributed by atoms with Crippen LogP contribution in [-0.2, 0) is 20.3 Å². The molecule has 1 aromatic rings. The van der Waals surface area contributed by atoms with Crippen molar-refractivity contribution in [3.63, 3.8) is 0 Å². The molecule has 0 amide bonds. The van der Waals surface area contributed by atoms with Crippen molar-refractivity contribution in [1.82, 2.24) is 0 Å². The molecule has 0 aliphatic carbocycles. The molecule has 0 fully saturated rings. The van der Waals surface area contributed by atoms with Crippen LogP contribution in [0.15, 0.2) is 12.1 Å². The molecule has 4 nitrogen and oxygen atoms in total. The van der Waals surface area contributed by atoms with Crippen molar-refractivity contribution in [2.75, 3.05) is 14.2 Å². The molecular formula is C18H26O4. The van der Waals surface area contributed by atoms with Crippen molar-refractivity contribution in [3.05, 3.63) is 34.4 Å². The first-order valence-electron chi connectivity index (χ1n) is 7.29. The second-order valence-electron chi connectivity index (χ2n) is 7.43. The molecule has 0 aromatic heterocycles. The summed E-state index contributed by atoms with van der Waals surface area (Å²) < 4.78 is 9.82. The number of methoxy groups -OCH3 is 2. The Kier molecular flexibility index (Phi) is 5.06. The third-order valence-corrected chi connectivity index (χ3v) is 3.58. The van der Waals surface area contributed by atoms with Crippen LogP contribution in [-0.4, -0.2) is 26.2 Å². The lowest BCUT2D eigenvalue weighted by Crippen LogP contribution is -2.24. The Morgan fingerprint density at radius 2 is 1.00 bits per heavy atom. The van der Waals surface area contributed by atoms with Gasteiger partial charge in [0.1, 0.15) is 0 Å². The number of carbonyl (C=O) groups is 2. The van der Waals surface area contributed by atoms with Crippen molar-refractivity contribution in [3.8, 4) is 0 Å². The van der Waals surface area contributed by atoms with Crippen LogP contribution >= 0.6 is 0 Å². The molecule has 0 bridgehead atoms. The van der Waals surface area contributed by atoms with Crippen molar-refractivity contribution in [1.29, 1.82) is 0 Å². The molecule has 0 saturated carbocycles. The number of benzene rings is 1. The highest BCUT2D eigenvalue weighted by Crippen LogP contribution is 2.34. The summed E-state index contributed by atoms with van der Waals surface area (Å²) in [7, 11) is 2.72. The molecular weight excluding hydrogens is 280 g/mol. The topological polar surface area (TPSA) is 52.6 Å². The van der Waals surface area contributed by atoms with Gasteiger partial charge in [-0.1, -0.05) is 41.5 Å².